The van der Waals surface area contributed by atoms with Crippen LogP contribution in [0.1, 0.15) is 33.6 Å². The van der Waals surface area contributed by atoms with Crippen molar-refractivity contribution in [3.63, 3.8) is 0 Å². The molecule has 0 aromatic heterocycles. The minimum Gasteiger partial charge on any atom is -0.341 e. The Morgan fingerprint density at radius 2 is 2.12 bits per heavy atom. The van der Waals surface area contributed by atoms with Gasteiger partial charge in [0, 0.05) is 19.0 Å². The molecule has 0 aliphatic heterocycles. The van der Waals surface area contributed by atoms with Gasteiger partial charge in [0.25, 0.3) is 0 Å². The summed E-state index contributed by atoms with van der Waals surface area (Å²) in [6.45, 7) is 7.52. The van der Waals surface area contributed by atoms with Gasteiger partial charge in [-0.05, 0) is 33.2 Å². The van der Waals surface area contributed by atoms with E-state index in [4.69, 9.17) is 11.0 Å². The van der Waals surface area contributed by atoms with E-state index in [0.29, 0.717) is 19.6 Å². The number of nitriles is 1. The molecule has 0 heterocycles. The van der Waals surface area contributed by atoms with Crippen LogP contribution in [0.5, 0.6) is 0 Å². The Labute approximate surface area is 98.4 Å². The molecule has 0 rings (SSSR count). The second-order valence-corrected chi connectivity index (χ2v) is 4.24. The molecule has 4 nitrogen and oxygen atoms in total. The zero-order valence-corrected chi connectivity index (χ0v) is 10.6. The lowest BCUT2D eigenvalue weighted by molar-refractivity contribution is -0.135. The maximum Gasteiger partial charge on any atom is 0.225 e. The number of rotatable bonds is 7. The largest absolute Gasteiger partial charge is 0.341 e. The number of nitrogens with two attached hydrogens (primary N) is 1. The van der Waals surface area contributed by atoms with Gasteiger partial charge in [-0.15, -0.1) is 0 Å². The van der Waals surface area contributed by atoms with E-state index < -0.39 is 0 Å². The monoisotopic (exact) mass is 225 g/mol. The van der Waals surface area contributed by atoms with Gasteiger partial charge in [0.05, 0.1) is 12.0 Å². The van der Waals surface area contributed by atoms with E-state index in [9.17, 15) is 4.79 Å². The van der Waals surface area contributed by atoms with E-state index in [0.717, 1.165) is 12.8 Å². The van der Waals surface area contributed by atoms with Crippen LogP contribution in [0, 0.1) is 23.2 Å². The smallest absolute Gasteiger partial charge is 0.225 e. The van der Waals surface area contributed by atoms with Crippen LogP contribution >= 0.6 is 0 Å². The van der Waals surface area contributed by atoms with E-state index in [2.05, 4.69) is 6.07 Å². The first kappa shape index (κ1) is 14.9. The maximum atomic E-state index is 12.0. The molecule has 4 heteroatoms. The van der Waals surface area contributed by atoms with Gasteiger partial charge in [-0.1, -0.05) is 6.92 Å². The third-order valence-corrected chi connectivity index (χ3v) is 2.67. The SMILES string of the molecule is CCN(CC(C)C#N)C(=O)C(C)CCCN. The fourth-order valence-electron chi connectivity index (χ4n) is 1.61. The molecule has 0 radical (unpaired) electrons. The zero-order chi connectivity index (χ0) is 12.6. The van der Waals surface area contributed by atoms with Crippen LogP contribution in [0.25, 0.3) is 0 Å². The highest BCUT2D eigenvalue weighted by atomic mass is 16.2. The van der Waals surface area contributed by atoms with E-state index in [1.165, 1.54) is 0 Å². The summed E-state index contributed by atoms with van der Waals surface area (Å²) in [6, 6.07) is 2.15. The summed E-state index contributed by atoms with van der Waals surface area (Å²) in [4.78, 5) is 13.8. The van der Waals surface area contributed by atoms with Gasteiger partial charge in [0.2, 0.25) is 5.91 Å². The lowest BCUT2D eigenvalue weighted by Crippen LogP contribution is -2.38. The number of carbonyl (C=O) groups is 1. The van der Waals surface area contributed by atoms with E-state index in [1.54, 1.807) is 4.90 Å². The molecule has 92 valence electrons. The summed E-state index contributed by atoms with van der Waals surface area (Å²) < 4.78 is 0. The van der Waals surface area contributed by atoms with Crippen molar-refractivity contribution in [2.75, 3.05) is 19.6 Å². The van der Waals surface area contributed by atoms with Gasteiger partial charge >= 0.3 is 0 Å². The summed E-state index contributed by atoms with van der Waals surface area (Å²) in [5, 5.41) is 8.74. The van der Waals surface area contributed by atoms with Crippen molar-refractivity contribution in [3.05, 3.63) is 0 Å². The molecule has 0 spiro atoms. The molecule has 0 aliphatic rings. The van der Waals surface area contributed by atoms with Crippen molar-refractivity contribution >= 4 is 5.91 Å². The molecular formula is C12H23N3O. The molecule has 2 N–H and O–H groups in total. The highest BCUT2D eigenvalue weighted by molar-refractivity contribution is 5.78. The summed E-state index contributed by atoms with van der Waals surface area (Å²) >= 11 is 0. The van der Waals surface area contributed by atoms with Crippen molar-refractivity contribution in [2.45, 2.75) is 33.6 Å². The Morgan fingerprint density at radius 1 is 1.50 bits per heavy atom. The molecule has 2 unspecified atom stereocenters. The molecule has 0 aromatic rings. The van der Waals surface area contributed by atoms with Crippen molar-refractivity contribution < 1.29 is 4.79 Å². The third kappa shape index (κ3) is 5.13. The topological polar surface area (TPSA) is 70.1 Å². The van der Waals surface area contributed by atoms with Gasteiger partial charge in [-0.3, -0.25) is 4.79 Å². The highest BCUT2D eigenvalue weighted by Crippen LogP contribution is 2.11. The minimum absolute atomic E-state index is 0.00870. The molecule has 0 aromatic carbocycles. The van der Waals surface area contributed by atoms with Crippen molar-refractivity contribution in [1.29, 1.82) is 5.26 Å². The Bertz CT molecular complexity index is 247. The molecule has 1 amide bonds. The Balaban J connectivity index is 4.24. The van der Waals surface area contributed by atoms with Gasteiger partial charge in [-0.2, -0.15) is 5.26 Å². The van der Waals surface area contributed by atoms with Gasteiger partial charge in [-0.25, -0.2) is 0 Å². The van der Waals surface area contributed by atoms with Gasteiger partial charge < -0.3 is 10.6 Å². The summed E-state index contributed by atoms with van der Waals surface area (Å²) in [6.07, 6.45) is 1.70. The van der Waals surface area contributed by atoms with Crippen LogP contribution < -0.4 is 5.73 Å². The molecule has 0 saturated heterocycles. The number of hydrogen-bond acceptors (Lipinski definition) is 3. The summed E-state index contributed by atoms with van der Waals surface area (Å²) in [5.74, 6) is 0.0399. The van der Waals surface area contributed by atoms with Crippen LogP contribution in [-0.4, -0.2) is 30.4 Å². The molecule has 0 fully saturated rings. The van der Waals surface area contributed by atoms with Gasteiger partial charge in [0.1, 0.15) is 0 Å². The summed E-state index contributed by atoms with van der Waals surface area (Å²) in [5.41, 5.74) is 5.42. The van der Waals surface area contributed by atoms with E-state index in [-0.39, 0.29) is 17.7 Å². The van der Waals surface area contributed by atoms with E-state index in [1.807, 2.05) is 20.8 Å². The average molecular weight is 225 g/mol. The predicted molar refractivity (Wildman–Crippen MR) is 64.5 cm³/mol. The van der Waals surface area contributed by atoms with Gasteiger partial charge in [0.15, 0.2) is 0 Å². The van der Waals surface area contributed by atoms with Crippen molar-refractivity contribution in [1.82, 2.24) is 4.90 Å². The maximum absolute atomic E-state index is 12.0. The predicted octanol–water partition coefficient (Wildman–Crippen LogP) is 1.37. The first-order valence-corrected chi connectivity index (χ1v) is 5.95. The normalized spacial score (nSPS) is 13.9. The Hall–Kier alpha value is -1.08. The third-order valence-electron chi connectivity index (χ3n) is 2.67. The first-order chi connectivity index (χ1) is 7.56. The fourth-order valence-corrected chi connectivity index (χ4v) is 1.61. The number of nitrogens with zero attached hydrogens (tertiary/aromatic N) is 2. The average Bonchev–Trinajstić information content (AvgIpc) is 2.31. The van der Waals surface area contributed by atoms with Crippen molar-refractivity contribution in [2.24, 2.45) is 17.6 Å². The Kier molecular flexibility index (Phi) is 7.57. The molecule has 0 aliphatic carbocycles. The lowest BCUT2D eigenvalue weighted by Gasteiger charge is -2.25. The highest BCUT2D eigenvalue weighted by Gasteiger charge is 2.20. The zero-order valence-electron chi connectivity index (χ0n) is 10.6. The minimum atomic E-state index is -0.106. The summed E-state index contributed by atoms with van der Waals surface area (Å²) in [7, 11) is 0. The number of carbonyl (C=O) groups excluding carboxylic acids is 1. The second kappa shape index (κ2) is 8.12. The molecule has 0 bridgehead atoms. The molecule has 16 heavy (non-hydrogen) atoms. The second-order valence-electron chi connectivity index (χ2n) is 4.24. The first-order valence-electron chi connectivity index (χ1n) is 5.95. The Morgan fingerprint density at radius 3 is 2.56 bits per heavy atom. The van der Waals surface area contributed by atoms with Crippen LogP contribution in [0.3, 0.4) is 0 Å². The fraction of sp³-hybridized carbons (Fsp3) is 0.833. The van der Waals surface area contributed by atoms with Crippen LogP contribution in [0.15, 0.2) is 0 Å². The number of hydrogen-bond donors (Lipinski definition) is 1. The van der Waals surface area contributed by atoms with Crippen LogP contribution in [-0.2, 0) is 4.79 Å². The van der Waals surface area contributed by atoms with Crippen molar-refractivity contribution in [3.8, 4) is 6.07 Å². The van der Waals surface area contributed by atoms with E-state index >= 15 is 0 Å². The number of amides is 1. The van der Waals surface area contributed by atoms with Crippen LogP contribution in [0.2, 0.25) is 0 Å². The van der Waals surface area contributed by atoms with Crippen LogP contribution in [0.4, 0.5) is 0 Å². The lowest BCUT2D eigenvalue weighted by atomic mass is 10.0. The molecular weight excluding hydrogens is 202 g/mol. The standard InChI is InChI=1S/C12H23N3O/c1-4-15(9-10(2)8-14)12(16)11(3)6-5-7-13/h10-11H,4-7,9,13H2,1-3H3. The quantitative estimate of drug-likeness (QED) is 0.711. The molecule has 2 atom stereocenters. The molecule has 0 saturated carbocycles.